The first kappa shape index (κ1) is 24.3. The molecule has 5 unspecified atom stereocenters. The summed E-state index contributed by atoms with van der Waals surface area (Å²) in [5.74, 6) is -2.49. The van der Waals surface area contributed by atoms with Crippen molar-refractivity contribution in [3.63, 3.8) is 0 Å². The van der Waals surface area contributed by atoms with Crippen LogP contribution in [0.4, 0.5) is 0 Å². The zero-order valence-corrected chi connectivity index (χ0v) is 18.2. The molecule has 6 N–H and O–H groups in total. The summed E-state index contributed by atoms with van der Waals surface area (Å²) in [6.45, 7) is 0.653. The van der Waals surface area contributed by atoms with E-state index in [9.17, 15) is 40.2 Å². The van der Waals surface area contributed by atoms with Crippen molar-refractivity contribution in [2.45, 2.75) is 37.6 Å². The molecule has 4 rings (SSSR count). The zero-order chi connectivity index (χ0) is 25.4. The van der Waals surface area contributed by atoms with Crippen molar-refractivity contribution >= 4 is 16.9 Å². The number of ether oxygens (including phenoxy) is 3. The molecule has 0 saturated carbocycles. The molecule has 5 atom stereocenters. The standard InChI is InChI=1S/C23H22O12/c1-9(24)32-8-15-17(28)19(30)20(31)23(34-15)35-22-18(29)16-13(27)6-12(26)7-14(16)33-21(22)10-2-4-11(25)5-3-10/h2-7,15,17,19-20,23,25-28,30-31H,8H2,1H3. The molecule has 2 heterocycles. The lowest BCUT2D eigenvalue weighted by Crippen LogP contribution is -2.60. The van der Waals surface area contributed by atoms with Gasteiger partial charge in [-0.15, -0.1) is 0 Å². The van der Waals surface area contributed by atoms with Crippen LogP contribution in [0.15, 0.2) is 45.6 Å². The minimum absolute atomic E-state index is 0.0777. The van der Waals surface area contributed by atoms with E-state index in [1.165, 1.54) is 24.3 Å². The van der Waals surface area contributed by atoms with Crippen LogP contribution in [0, 0.1) is 0 Å². The summed E-state index contributed by atoms with van der Waals surface area (Å²) in [5.41, 5.74) is -0.849. The first-order valence-electron chi connectivity index (χ1n) is 10.4. The number of aliphatic hydroxyl groups excluding tert-OH is 3. The first-order valence-corrected chi connectivity index (χ1v) is 10.4. The molecule has 1 aliphatic rings. The zero-order valence-electron chi connectivity index (χ0n) is 18.2. The quantitative estimate of drug-likeness (QED) is 0.268. The normalized spacial score (nSPS) is 24.3. The number of phenolic OH excluding ortho intramolecular Hbond substituents is 3. The maximum Gasteiger partial charge on any atom is 0.302 e. The van der Waals surface area contributed by atoms with E-state index in [1.54, 1.807) is 0 Å². The summed E-state index contributed by atoms with van der Waals surface area (Å²) in [7, 11) is 0. The Morgan fingerprint density at radius 3 is 2.31 bits per heavy atom. The number of aromatic hydroxyl groups is 3. The van der Waals surface area contributed by atoms with E-state index in [2.05, 4.69) is 0 Å². The van der Waals surface area contributed by atoms with E-state index in [0.29, 0.717) is 0 Å². The van der Waals surface area contributed by atoms with Gasteiger partial charge in [0.25, 0.3) is 0 Å². The average molecular weight is 490 g/mol. The molecule has 0 bridgehead atoms. The monoisotopic (exact) mass is 490 g/mol. The van der Waals surface area contributed by atoms with Crippen LogP contribution < -0.4 is 10.2 Å². The highest BCUT2D eigenvalue weighted by Crippen LogP contribution is 2.37. The van der Waals surface area contributed by atoms with Gasteiger partial charge in [-0.3, -0.25) is 9.59 Å². The summed E-state index contributed by atoms with van der Waals surface area (Å²) in [5, 5.41) is 60.2. The Kier molecular flexibility index (Phi) is 6.54. The molecule has 3 aromatic rings. The predicted molar refractivity (Wildman–Crippen MR) is 117 cm³/mol. The Morgan fingerprint density at radius 2 is 1.66 bits per heavy atom. The van der Waals surface area contributed by atoms with Crippen molar-refractivity contribution < 1.29 is 54.1 Å². The van der Waals surface area contributed by atoms with E-state index < -0.39 is 60.2 Å². The van der Waals surface area contributed by atoms with E-state index in [1.807, 2.05) is 0 Å². The van der Waals surface area contributed by atoms with Gasteiger partial charge in [0.2, 0.25) is 17.5 Å². The molecular formula is C23H22O12. The van der Waals surface area contributed by atoms with Crippen molar-refractivity contribution in [3.8, 4) is 34.3 Å². The molecule has 1 aromatic heterocycles. The van der Waals surface area contributed by atoms with Gasteiger partial charge in [-0.25, -0.2) is 0 Å². The Balaban J connectivity index is 1.81. The number of phenols is 3. The number of hydrogen-bond acceptors (Lipinski definition) is 12. The molecule has 0 amide bonds. The molecule has 0 spiro atoms. The van der Waals surface area contributed by atoms with E-state index in [4.69, 9.17) is 18.6 Å². The van der Waals surface area contributed by atoms with Crippen molar-refractivity contribution in [1.82, 2.24) is 0 Å². The van der Waals surface area contributed by atoms with Crippen molar-refractivity contribution in [2.75, 3.05) is 6.61 Å². The number of hydrogen-bond donors (Lipinski definition) is 6. The fourth-order valence-corrected chi connectivity index (χ4v) is 3.65. The van der Waals surface area contributed by atoms with Crippen LogP contribution in [-0.4, -0.2) is 73.9 Å². The molecule has 12 heteroatoms. The second-order valence-electron chi connectivity index (χ2n) is 7.91. The van der Waals surface area contributed by atoms with E-state index in [-0.39, 0.29) is 33.8 Å². The van der Waals surface area contributed by atoms with Crippen LogP contribution >= 0.6 is 0 Å². The minimum Gasteiger partial charge on any atom is -0.508 e. The highest BCUT2D eigenvalue weighted by Gasteiger charge is 2.46. The number of fused-ring (bicyclic) bond motifs is 1. The lowest BCUT2D eigenvalue weighted by molar-refractivity contribution is -0.278. The minimum atomic E-state index is -1.84. The number of rotatable bonds is 5. The SMILES string of the molecule is CC(=O)OCC1OC(Oc2c(-c3ccc(O)cc3)oc3cc(O)cc(O)c3c2=O)C(O)C(O)C1O. The number of esters is 1. The second-order valence-corrected chi connectivity index (χ2v) is 7.91. The Labute approximate surface area is 196 Å². The molecule has 1 aliphatic heterocycles. The number of aliphatic hydroxyl groups is 3. The Morgan fingerprint density at radius 1 is 0.971 bits per heavy atom. The highest BCUT2D eigenvalue weighted by atomic mass is 16.7. The average Bonchev–Trinajstić information content (AvgIpc) is 2.80. The lowest BCUT2D eigenvalue weighted by Gasteiger charge is -2.39. The summed E-state index contributed by atoms with van der Waals surface area (Å²) < 4.78 is 21.7. The molecule has 186 valence electrons. The molecule has 0 aliphatic carbocycles. The maximum atomic E-state index is 13.4. The smallest absolute Gasteiger partial charge is 0.302 e. The third kappa shape index (κ3) is 4.72. The molecule has 35 heavy (non-hydrogen) atoms. The molecule has 12 nitrogen and oxygen atoms in total. The van der Waals surface area contributed by atoms with Gasteiger partial charge in [0, 0.05) is 24.6 Å². The van der Waals surface area contributed by atoms with Gasteiger partial charge in [0.15, 0.2) is 5.76 Å². The van der Waals surface area contributed by atoms with Crippen molar-refractivity contribution in [1.29, 1.82) is 0 Å². The predicted octanol–water partition coefficient (Wildman–Crippen LogP) is 0.326. The fraction of sp³-hybridized carbons (Fsp3) is 0.304. The van der Waals surface area contributed by atoms with Gasteiger partial charge < -0.3 is 49.3 Å². The third-order valence-corrected chi connectivity index (χ3v) is 5.40. The topological polar surface area (TPSA) is 196 Å². The lowest BCUT2D eigenvalue weighted by atomic mass is 9.99. The van der Waals surface area contributed by atoms with Gasteiger partial charge in [-0.2, -0.15) is 0 Å². The van der Waals surface area contributed by atoms with Crippen molar-refractivity contribution in [2.24, 2.45) is 0 Å². The summed E-state index contributed by atoms with van der Waals surface area (Å²) >= 11 is 0. The molecular weight excluding hydrogens is 468 g/mol. The number of benzene rings is 2. The van der Waals surface area contributed by atoms with Gasteiger partial charge in [-0.05, 0) is 24.3 Å². The van der Waals surface area contributed by atoms with Crippen LogP contribution in [-0.2, 0) is 14.3 Å². The fourth-order valence-electron chi connectivity index (χ4n) is 3.65. The number of carbonyl (C=O) groups is 1. The molecule has 0 radical (unpaired) electrons. The summed E-state index contributed by atoms with van der Waals surface area (Å²) in [6, 6.07) is 7.44. The largest absolute Gasteiger partial charge is 0.508 e. The van der Waals surface area contributed by atoms with Crippen LogP contribution in [0.5, 0.6) is 23.0 Å². The van der Waals surface area contributed by atoms with Crippen LogP contribution in [0.1, 0.15) is 6.92 Å². The Bertz CT molecular complexity index is 1300. The first-order chi connectivity index (χ1) is 16.6. The third-order valence-electron chi connectivity index (χ3n) is 5.40. The van der Waals surface area contributed by atoms with Crippen LogP contribution in [0.3, 0.4) is 0 Å². The van der Waals surface area contributed by atoms with Gasteiger partial charge in [0.05, 0.1) is 0 Å². The summed E-state index contributed by atoms with van der Waals surface area (Å²) in [6.07, 6.45) is -8.30. The number of carbonyl (C=O) groups excluding carboxylic acids is 1. The van der Waals surface area contributed by atoms with Crippen molar-refractivity contribution in [3.05, 3.63) is 46.6 Å². The highest BCUT2D eigenvalue weighted by molar-refractivity contribution is 5.88. The van der Waals surface area contributed by atoms with Gasteiger partial charge in [0.1, 0.15) is 59.2 Å². The molecule has 1 saturated heterocycles. The molecule has 2 aromatic carbocycles. The van der Waals surface area contributed by atoms with Crippen LogP contribution in [0.2, 0.25) is 0 Å². The summed E-state index contributed by atoms with van der Waals surface area (Å²) in [4.78, 5) is 24.5. The van der Waals surface area contributed by atoms with E-state index in [0.717, 1.165) is 19.1 Å². The van der Waals surface area contributed by atoms with Gasteiger partial charge >= 0.3 is 5.97 Å². The Hall–Kier alpha value is -3.84. The van der Waals surface area contributed by atoms with Crippen LogP contribution in [0.25, 0.3) is 22.3 Å². The maximum absolute atomic E-state index is 13.4. The van der Waals surface area contributed by atoms with E-state index >= 15 is 0 Å². The van der Waals surface area contributed by atoms with Gasteiger partial charge in [-0.1, -0.05) is 0 Å². The molecule has 1 fully saturated rings. The second kappa shape index (κ2) is 9.43.